The summed E-state index contributed by atoms with van der Waals surface area (Å²) < 4.78 is 32.2. The Morgan fingerprint density at radius 1 is 1.03 bits per heavy atom. The van der Waals surface area contributed by atoms with E-state index in [2.05, 4.69) is 10.6 Å². The molecule has 2 aromatic carbocycles. The Morgan fingerprint density at radius 3 is 2.12 bits per heavy atom. The molecule has 34 heavy (non-hydrogen) atoms. The van der Waals surface area contributed by atoms with Gasteiger partial charge in [0.15, 0.2) is 0 Å². The van der Waals surface area contributed by atoms with Gasteiger partial charge in [0.05, 0.1) is 11.8 Å². The topological polar surface area (TPSA) is 105 Å². The number of carboxylic acids is 1. The SMILES string of the molecule is CC(C)(CCNC(=O)CC(NC(=O)OCC1c2ccccc2-c2ccccc21)C(F)F)C(=O)O. The van der Waals surface area contributed by atoms with Crippen LogP contribution in [0.1, 0.15) is 43.7 Å². The van der Waals surface area contributed by atoms with Gasteiger partial charge in [0.25, 0.3) is 6.43 Å². The van der Waals surface area contributed by atoms with Crippen LogP contribution in [0.4, 0.5) is 13.6 Å². The Balaban J connectivity index is 1.54. The molecule has 7 nitrogen and oxygen atoms in total. The van der Waals surface area contributed by atoms with Crippen LogP contribution < -0.4 is 10.6 Å². The zero-order valence-corrected chi connectivity index (χ0v) is 19.0. The monoisotopic (exact) mass is 474 g/mol. The number of ether oxygens (including phenoxy) is 1. The first-order chi connectivity index (χ1) is 16.1. The van der Waals surface area contributed by atoms with Gasteiger partial charge in [-0.1, -0.05) is 48.5 Å². The van der Waals surface area contributed by atoms with Gasteiger partial charge in [-0.3, -0.25) is 9.59 Å². The summed E-state index contributed by atoms with van der Waals surface area (Å²) >= 11 is 0. The third kappa shape index (κ3) is 5.89. The molecular formula is C25H28F2N2O5. The predicted molar refractivity (Wildman–Crippen MR) is 122 cm³/mol. The second-order valence-electron chi connectivity index (χ2n) is 8.90. The molecule has 0 aliphatic heterocycles. The number of amides is 2. The third-order valence-electron chi connectivity index (χ3n) is 6.01. The van der Waals surface area contributed by atoms with E-state index in [0.717, 1.165) is 22.3 Å². The molecule has 3 rings (SSSR count). The highest BCUT2D eigenvalue weighted by molar-refractivity contribution is 5.80. The van der Waals surface area contributed by atoms with E-state index < -0.39 is 42.3 Å². The smallest absolute Gasteiger partial charge is 0.407 e. The maximum atomic E-state index is 13.4. The maximum absolute atomic E-state index is 13.4. The first kappa shape index (κ1) is 25.1. The molecule has 1 aliphatic carbocycles. The largest absolute Gasteiger partial charge is 0.481 e. The summed E-state index contributed by atoms with van der Waals surface area (Å²) in [5, 5.41) is 13.6. The number of aliphatic carboxylic acids is 1. The van der Waals surface area contributed by atoms with Crippen LogP contribution >= 0.6 is 0 Å². The Hall–Kier alpha value is -3.49. The van der Waals surface area contributed by atoms with Crippen LogP contribution in [-0.2, 0) is 14.3 Å². The van der Waals surface area contributed by atoms with Crippen molar-refractivity contribution in [3.05, 3.63) is 59.7 Å². The van der Waals surface area contributed by atoms with E-state index in [1.165, 1.54) is 13.8 Å². The fourth-order valence-electron chi connectivity index (χ4n) is 3.89. The van der Waals surface area contributed by atoms with Crippen molar-refractivity contribution in [1.29, 1.82) is 0 Å². The van der Waals surface area contributed by atoms with Crippen LogP contribution in [0, 0.1) is 5.41 Å². The number of carbonyl (C=O) groups is 3. The van der Waals surface area contributed by atoms with Crippen LogP contribution in [-0.4, -0.2) is 48.7 Å². The van der Waals surface area contributed by atoms with Gasteiger partial charge >= 0.3 is 12.1 Å². The molecule has 3 N–H and O–H groups in total. The molecule has 0 heterocycles. The standard InChI is InChI=1S/C25H28F2N2O5/c1-25(2,23(31)32)11-12-28-21(30)13-20(22(26)27)29-24(33)34-14-19-17-9-5-3-7-15(17)16-8-4-6-10-18(16)19/h3-10,19-20,22H,11-14H2,1-2H3,(H,28,30)(H,29,33)(H,31,32). The van der Waals surface area contributed by atoms with Crippen molar-refractivity contribution in [1.82, 2.24) is 10.6 Å². The molecule has 182 valence electrons. The number of benzene rings is 2. The minimum absolute atomic E-state index is 0.0129. The van der Waals surface area contributed by atoms with E-state index in [9.17, 15) is 23.2 Å². The molecule has 1 aliphatic rings. The van der Waals surface area contributed by atoms with Gasteiger partial charge in [0.1, 0.15) is 12.6 Å². The Bertz CT molecular complexity index is 1010. The number of hydrogen-bond acceptors (Lipinski definition) is 4. The van der Waals surface area contributed by atoms with Gasteiger partial charge in [0, 0.05) is 12.5 Å². The fourth-order valence-corrected chi connectivity index (χ4v) is 3.89. The molecule has 1 atom stereocenters. The van der Waals surface area contributed by atoms with Crippen LogP contribution in [0.25, 0.3) is 11.1 Å². The number of carboxylic acid groups (broad SMARTS) is 1. The Labute approximate surface area is 196 Å². The van der Waals surface area contributed by atoms with Crippen LogP contribution in [0.5, 0.6) is 0 Å². The third-order valence-corrected chi connectivity index (χ3v) is 6.01. The van der Waals surface area contributed by atoms with Crippen molar-refractivity contribution in [3.63, 3.8) is 0 Å². The van der Waals surface area contributed by atoms with Crippen molar-refractivity contribution in [3.8, 4) is 11.1 Å². The average Bonchev–Trinajstić information content (AvgIpc) is 3.10. The number of alkyl halides is 2. The normalized spacial score (nSPS) is 13.7. The molecule has 1 unspecified atom stereocenters. The number of carbonyl (C=O) groups excluding carboxylic acids is 2. The molecular weight excluding hydrogens is 446 g/mol. The van der Waals surface area contributed by atoms with Gasteiger partial charge in [-0.2, -0.15) is 0 Å². The summed E-state index contributed by atoms with van der Waals surface area (Å²) in [7, 11) is 0. The molecule has 2 amide bonds. The number of nitrogens with one attached hydrogen (secondary N) is 2. The zero-order chi connectivity index (χ0) is 24.9. The highest BCUT2D eigenvalue weighted by Gasteiger charge is 2.31. The zero-order valence-electron chi connectivity index (χ0n) is 19.0. The quantitative estimate of drug-likeness (QED) is 0.480. The van der Waals surface area contributed by atoms with E-state index >= 15 is 0 Å². The molecule has 0 spiro atoms. The highest BCUT2D eigenvalue weighted by atomic mass is 19.3. The minimum Gasteiger partial charge on any atom is -0.481 e. The molecule has 2 aromatic rings. The molecule has 0 saturated heterocycles. The molecule has 0 aromatic heterocycles. The molecule has 0 fully saturated rings. The number of fused-ring (bicyclic) bond motifs is 3. The lowest BCUT2D eigenvalue weighted by molar-refractivity contribution is -0.147. The van der Waals surface area contributed by atoms with E-state index in [-0.39, 0.29) is 25.5 Å². The van der Waals surface area contributed by atoms with Gasteiger partial charge in [-0.25, -0.2) is 13.6 Å². The summed E-state index contributed by atoms with van der Waals surface area (Å²) in [5.74, 6) is -1.96. The first-order valence-corrected chi connectivity index (χ1v) is 11.0. The van der Waals surface area contributed by atoms with Crippen molar-refractivity contribution < 1.29 is 33.0 Å². The molecule has 0 saturated carbocycles. The van der Waals surface area contributed by atoms with Gasteiger partial charge in [0.2, 0.25) is 5.91 Å². The molecule has 0 radical (unpaired) electrons. The van der Waals surface area contributed by atoms with Gasteiger partial charge in [-0.05, 0) is 42.5 Å². The maximum Gasteiger partial charge on any atom is 0.407 e. The van der Waals surface area contributed by atoms with Crippen LogP contribution in [0.15, 0.2) is 48.5 Å². The number of halogens is 2. The number of hydrogen-bond donors (Lipinski definition) is 3. The Morgan fingerprint density at radius 2 is 1.59 bits per heavy atom. The van der Waals surface area contributed by atoms with Gasteiger partial charge < -0.3 is 20.5 Å². The van der Waals surface area contributed by atoms with Crippen LogP contribution in [0.2, 0.25) is 0 Å². The van der Waals surface area contributed by atoms with Crippen molar-refractivity contribution in [2.75, 3.05) is 13.2 Å². The number of rotatable bonds is 10. The summed E-state index contributed by atoms with van der Waals surface area (Å²) in [6.45, 7) is 2.98. The van der Waals surface area contributed by atoms with Gasteiger partial charge in [-0.15, -0.1) is 0 Å². The summed E-state index contributed by atoms with van der Waals surface area (Å²) in [6, 6.07) is 13.7. The van der Waals surface area contributed by atoms with E-state index in [0.29, 0.717) is 0 Å². The summed E-state index contributed by atoms with van der Waals surface area (Å²) in [5.41, 5.74) is 3.01. The van der Waals surface area contributed by atoms with Crippen LogP contribution in [0.3, 0.4) is 0 Å². The lowest BCUT2D eigenvalue weighted by Gasteiger charge is -2.21. The van der Waals surface area contributed by atoms with E-state index in [4.69, 9.17) is 9.84 Å². The second-order valence-corrected chi connectivity index (χ2v) is 8.90. The Kier molecular flexibility index (Phi) is 7.86. The predicted octanol–water partition coefficient (Wildman–Crippen LogP) is 4.17. The van der Waals surface area contributed by atoms with Crippen molar-refractivity contribution in [2.45, 2.75) is 45.1 Å². The van der Waals surface area contributed by atoms with E-state index in [1.807, 2.05) is 48.5 Å². The summed E-state index contributed by atoms with van der Waals surface area (Å²) in [6.07, 6.45) is -4.54. The van der Waals surface area contributed by atoms with Crippen molar-refractivity contribution in [2.24, 2.45) is 5.41 Å². The molecule has 9 heteroatoms. The second kappa shape index (κ2) is 10.6. The highest BCUT2D eigenvalue weighted by Crippen LogP contribution is 2.44. The number of alkyl carbamates (subject to hydrolysis) is 1. The fraction of sp³-hybridized carbons (Fsp3) is 0.400. The lowest BCUT2D eigenvalue weighted by Crippen LogP contribution is -2.44. The molecule has 0 bridgehead atoms. The lowest BCUT2D eigenvalue weighted by atomic mass is 9.90. The minimum atomic E-state index is -2.98. The van der Waals surface area contributed by atoms with E-state index in [1.54, 1.807) is 0 Å². The first-order valence-electron chi connectivity index (χ1n) is 11.0. The van der Waals surface area contributed by atoms with Crippen molar-refractivity contribution >= 4 is 18.0 Å². The summed E-state index contributed by atoms with van der Waals surface area (Å²) in [4.78, 5) is 35.4. The average molecular weight is 475 g/mol.